The molecule has 1 saturated carbocycles. The third kappa shape index (κ3) is 3.52. The fourth-order valence-electron chi connectivity index (χ4n) is 2.04. The van der Waals surface area contributed by atoms with E-state index in [9.17, 15) is 4.79 Å². The number of hydrogen-bond donors (Lipinski definition) is 0. The number of ketones is 1. The molecular weight excluding hydrogens is 228 g/mol. The highest BCUT2D eigenvalue weighted by Gasteiger charge is 2.43. The zero-order chi connectivity index (χ0) is 13.3. The van der Waals surface area contributed by atoms with Crippen molar-refractivity contribution in [3.63, 3.8) is 0 Å². The monoisotopic (exact) mass is 254 g/mol. The van der Waals surface area contributed by atoms with Crippen molar-refractivity contribution in [1.82, 2.24) is 0 Å². The van der Waals surface area contributed by atoms with Gasteiger partial charge in [0.2, 0.25) is 0 Å². The first-order valence-corrected chi connectivity index (χ1v) is 9.38. The van der Waals surface area contributed by atoms with E-state index in [-0.39, 0.29) is 11.1 Å². The molecule has 0 unspecified atom stereocenters. The standard InChI is InChI=1S/C14H26O2Si/c1-7-8-11-9-12(15)10-13(11)16-17(5,6)14(2,3)4/h7,11,13H,1,8-10H2,2-6H3/t11-,13+/m1/s1. The number of carbonyl (C=O) groups is 1. The molecule has 3 heteroatoms. The van der Waals surface area contributed by atoms with Gasteiger partial charge in [0.15, 0.2) is 8.32 Å². The van der Waals surface area contributed by atoms with Crippen molar-refractivity contribution < 1.29 is 9.22 Å². The van der Waals surface area contributed by atoms with Gasteiger partial charge in [-0.1, -0.05) is 26.8 Å². The molecule has 17 heavy (non-hydrogen) atoms. The first-order chi connectivity index (χ1) is 7.67. The fraction of sp³-hybridized carbons (Fsp3) is 0.786. The summed E-state index contributed by atoms with van der Waals surface area (Å²) in [6, 6.07) is 0. The third-order valence-electron chi connectivity index (χ3n) is 4.17. The molecule has 1 fully saturated rings. The van der Waals surface area contributed by atoms with Gasteiger partial charge in [-0.25, -0.2) is 0 Å². The van der Waals surface area contributed by atoms with E-state index in [1.54, 1.807) is 0 Å². The van der Waals surface area contributed by atoms with Gasteiger partial charge < -0.3 is 4.43 Å². The summed E-state index contributed by atoms with van der Waals surface area (Å²) in [5.74, 6) is 0.703. The van der Waals surface area contributed by atoms with E-state index < -0.39 is 8.32 Å². The van der Waals surface area contributed by atoms with Gasteiger partial charge in [-0.05, 0) is 30.5 Å². The Kier molecular flexibility index (Phi) is 4.36. The van der Waals surface area contributed by atoms with Gasteiger partial charge in [-0.15, -0.1) is 6.58 Å². The summed E-state index contributed by atoms with van der Waals surface area (Å²) in [5, 5.41) is 0.206. The maximum Gasteiger partial charge on any atom is 0.192 e. The van der Waals surface area contributed by atoms with Crippen molar-refractivity contribution in [3.05, 3.63) is 12.7 Å². The van der Waals surface area contributed by atoms with Gasteiger partial charge in [0.1, 0.15) is 5.78 Å². The molecule has 98 valence electrons. The van der Waals surface area contributed by atoms with Gasteiger partial charge in [-0.2, -0.15) is 0 Å². The van der Waals surface area contributed by atoms with Gasteiger partial charge in [0, 0.05) is 12.8 Å². The summed E-state index contributed by atoms with van der Waals surface area (Å²) in [6.45, 7) is 15.0. The molecule has 0 heterocycles. The number of carbonyl (C=O) groups excluding carboxylic acids is 1. The number of rotatable bonds is 4. The Hall–Kier alpha value is -0.413. The smallest absolute Gasteiger partial charge is 0.192 e. The summed E-state index contributed by atoms with van der Waals surface area (Å²) in [6.07, 6.45) is 4.20. The SMILES string of the molecule is C=CC[C@@H]1CC(=O)C[C@@H]1O[Si](C)(C)C(C)(C)C. The zero-order valence-corrected chi connectivity index (χ0v) is 12.9. The summed E-state index contributed by atoms with van der Waals surface area (Å²) in [5.41, 5.74) is 0. The molecule has 0 spiro atoms. The molecular formula is C14H26O2Si. The van der Waals surface area contributed by atoms with Crippen LogP contribution in [0.15, 0.2) is 12.7 Å². The Morgan fingerprint density at radius 2 is 2.00 bits per heavy atom. The largest absolute Gasteiger partial charge is 0.413 e. The van der Waals surface area contributed by atoms with Crippen LogP contribution in [0.3, 0.4) is 0 Å². The van der Waals surface area contributed by atoms with Crippen LogP contribution in [-0.4, -0.2) is 20.2 Å². The lowest BCUT2D eigenvalue weighted by Gasteiger charge is -2.39. The average Bonchev–Trinajstić information content (AvgIpc) is 2.44. The molecule has 0 aromatic heterocycles. The van der Waals surface area contributed by atoms with Crippen molar-refractivity contribution in [2.45, 2.75) is 64.3 Å². The van der Waals surface area contributed by atoms with Crippen LogP contribution in [0.25, 0.3) is 0 Å². The van der Waals surface area contributed by atoms with E-state index in [2.05, 4.69) is 40.4 Å². The van der Waals surface area contributed by atoms with Crippen molar-refractivity contribution in [1.29, 1.82) is 0 Å². The lowest BCUT2D eigenvalue weighted by atomic mass is 10.0. The van der Waals surface area contributed by atoms with Crippen LogP contribution in [0.1, 0.15) is 40.0 Å². The van der Waals surface area contributed by atoms with Crippen LogP contribution in [0.4, 0.5) is 0 Å². The Morgan fingerprint density at radius 1 is 1.41 bits per heavy atom. The molecule has 0 amide bonds. The summed E-state index contributed by atoms with van der Waals surface area (Å²) < 4.78 is 6.37. The second-order valence-corrected chi connectivity index (χ2v) is 11.4. The van der Waals surface area contributed by atoms with E-state index in [0.717, 1.165) is 6.42 Å². The van der Waals surface area contributed by atoms with Crippen LogP contribution < -0.4 is 0 Å². The molecule has 0 bridgehead atoms. The minimum absolute atomic E-state index is 0.126. The summed E-state index contributed by atoms with van der Waals surface area (Å²) in [7, 11) is -1.76. The normalized spacial score (nSPS) is 26.3. The molecule has 0 aliphatic heterocycles. The maximum atomic E-state index is 11.6. The quantitative estimate of drug-likeness (QED) is 0.561. The summed E-state index contributed by atoms with van der Waals surface area (Å²) in [4.78, 5) is 11.6. The van der Waals surface area contributed by atoms with Crippen LogP contribution in [0, 0.1) is 5.92 Å². The van der Waals surface area contributed by atoms with E-state index in [0.29, 0.717) is 24.5 Å². The highest BCUT2D eigenvalue weighted by Crippen LogP contribution is 2.40. The Balaban J connectivity index is 2.73. The third-order valence-corrected chi connectivity index (χ3v) is 8.67. The first kappa shape index (κ1) is 14.6. The Morgan fingerprint density at radius 3 is 2.47 bits per heavy atom. The zero-order valence-electron chi connectivity index (χ0n) is 11.9. The maximum absolute atomic E-state index is 11.6. The average molecular weight is 254 g/mol. The molecule has 1 aliphatic rings. The summed E-state index contributed by atoms with van der Waals surface area (Å²) >= 11 is 0. The van der Waals surface area contributed by atoms with Crippen molar-refractivity contribution in [3.8, 4) is 0 Å². The van der Waals surface area contributed by atoms with Crippen LogP contribution in [0.2, 0.25) is 18.1 Å². The number of hydrogen-bond acceptors (Lipinski definition) is 2. The molecule has 1 rings (SSSR count). The molecule has 2 nitrogen and oxygen atoms in total. The number of Topliss-reactive ketones (excluding diaryl/α,β-unsaturated/α-hetero) is 1. The fourth-order valence-corrected chi connectivity index (χ4v) is 3.43. The lowest BCUT2D eigenvalue weighted by Crippen LogP contribution is -2.44. The van der Waals surface area contributed by atoms with E-state index >= 15 is 0 Å². The molecule has 2 atom stereocenters. The molecule has 1 aliphatic carbocycles. The van der Waals surface area contributed by atoms with Crippen molar-refractivity contribution in [2.75, 3.05) is 0 Å². The van der Waals surface area contributed by atoms with Crippen molar-refractivity contribution in [2.24, 2.45) is 5.92 Å². The second kappa shape index (κ2) is 5.07. The predicted octanol–water partition coefficient (Wildman–Crippen LogP) is 3.93. The van der Waals surface area contributed by atoms with Gasteiger partial charge in [-0.3, -0.25) is 4.79 Å². The van der Waals surface area contributed by atoms with Crippen LogP contribution in [0.5, 0.6) is 0 Å². The minimum Gasteiger partial charge on any atom is -0.413 e. The predicted molar refractivity (Wildman–Crippen MR) is 74.6 cm³/mol. The Bertz CT molecular complexity index is 302. The molecule has 0 N–H and O–H groups in total. The second-order valence-electron chi connectivity index (χ2n) is 6.65. The topological polar surface area (TPSA) is 26.3 Å². The first-order valence-electron chi connectivity index (χ1n) is 6.48. The molecule has 0 aromatic carbocycles. The van der Waals surface area contributed by atoms with Crippen molar-refractivity contribution >= 4 is 14.1 Å². The number of allylic oxidation sites excluding steroid dienone is 1. The van der Waals surface area contributed by atoms with Crippen LogP contribution >= 0.6 is 0 Å². The van der Waals surface area contributed by atoms with Crippen LogP contribution in [-0.2, 0) is 9.22 Å². The minimum atomic E-state index is -1.76. The highest BCUT2D eigenvalue weighted by molar-refractivity contribution is 6.74. The lowest BCUT2D eigenvalue weighted by molar-refractivity contribution is -0.117. The van der Waals surface area contributed by atoms with Gasteiger partial charge in [0.05, 0.1) is 6.10 Å². The van der Waals surface area contributed by atoms with Gasteiger partial charge in [0.25, 0.3) is 0 Å². The van der Waals surface area contributed by atoms with E-state index in [1.165, 1.54) is 0 Å². The van der Waals surface area contributed by atoms with E-state index in [1.807, 2.05) is 6.08 Å². The van der Waals surface area contributed by atoms with Gasteiger partial charge >= 0.3 is 0 Å². The highest BCUT2D eigenvalue weighted by atomic mass is 28.4. The van der Waals surface area contributed by atoms with E-state index in [4.69, 9.17) is 4.43 Å². The molecule has 0 saturated heterocycles. The molecule has 0 aromatic rings. The molecule has 0 radical (unpaired) electrons. The Labute approximate surface area is 107 Å².